The molecule has 1 aromatic carbocycles. The lowest BCUT2D eigenvalue weighted by Gasteiger charge is -2.03. The fourth-order valence-corrected chi connectivity index (χ4v) is 1.62. The van der Waals surface area contributed by atoms with Gasteiger partial charge in [0.1, 0.15) is 6.07 Å². The maximum atomic E-state index is 9.01. The molecule has 1 saturated carbocycles. The van der Waals surface area contributed by atoms with Crippen molar-refractivity contribution in [1.29, 1.82) is 5.26 Å². The van der Waals surface area contributed by atoms with Crippen molar-refractivity contribution < 1.29 is 0 Å². The molecule has 0 heterocycles. The van der Waals surface area contributed by atoms with E-state index in [4.69, 9.17) is 5.26 Å². The van der Waals surface area contributed by atoms with E-state index < -0.39 is 0 Å². The van der Waals surface area contributed by atoms with Gasteiger partial charge < -0.3 is 0 Å². The minimum atomic E-state index is 0.634. The fourth-order valence-electron chi connectivity index (χ4n) is 1.62. The second-order valence-corrected chi connectivity index (χ2v) is 3.40. The van der Waals surface area contributed by atoms with Crippen molar-refractivity contribution in [2.45, 2.75) is 18.8 Å². The highest BCUT2D eigenvalue weighted by Gasteiger charge is 2.26. The van der Waals surface area contributed by atoms with E-state index in [-0.39, 0.29) is 0 Å². The molecule has 1 heteroatoms. The highest BCUT2D eigenvalue weighted by molar-refractivity contribution is 5.60. The van der Waals surface area contributed by atoms with E-state index in [1.54, 1.807) is 6.08 Å². The van der Waals surface area contributed by atoms with Crippen LogP contribution in [-0.2, 0) is 0 Å². The summed E-state index contributed by atoms with van der Waals surface area (Å²) in [5.74, 6) is 0.634. The molecule has 0 aromatic heterocycles. The first-order chi connectivity index (χ1) is 6.36. The molecule has 0 unspecified atom stereocenters. The van der Waals surface area contributed by atoms with Gasteiger partial charge in [0, 0.05) is 0 Å². The number of hydrogen-bond acceptors (Lipinski definition) is 1. The van der Waals surface area contributed by atoms with E-state index in [0.717, 1.165) is 11.1 Å². The van der Waals surface area contributed by atoms with E-state index in [2.05, 4.69) is 18.7 Å². The smallest absolute Gasteiger partial charge is 0.100 e. The summed E-state index contributed by atoms with van der Waals surface area (Å²) in [6.45, 7) is 3.71. The van der Waals surface area contributed by atoms with Crippen LogP contribution in [0.4, 0.5) is 0 Å². The molecule has 2 rings (SSSR count). The minimum Gasteiger partial charge on any atom is -0.192 e. The third-order valence-electron chi connectivity index (χ3n) is 2.48. The van der Waals surface area contributed by atoms with Crippen LogP contribution in [0.15, 0.2) is 24.8 Å². The van der Waals surface area contributed by atoms with E-state index in [1.807, 2.05) is 12.1 Å². The van der Waals surface area contributed by atoms with Crippen LogP contribution < -0.4 is 0 Å². The van der Waals surface area contributed by atoms with Crippen molar-refractivity contribution in [2.24, 2.45) is 0 Å². The Kier molecular flexibility index (Phi) is 1.90. The molecule has 1 fully saturated rings. The van der Waals surface area contributed by atoms with Crippen LogP contribution in [0.25, 0.3) is 6.08 Å². The molecular weight excluding hydrogens is 158 g/mol. The Morgan fingerprint density at radius 3 is 2.77 bits per heavy atom. The minimum absolute atomic E-state index is 0.634. The largest absolute Gasteiger partial charge is 0.192 e. The average Bonchev–Trinajstić information content (AvgIpc) is 2.99. The van der Waals surface area contributed by atoms with Crippen molar-refractivity contribution in [2.75, 3.05) is 0 Å². The molecule has 0 amide bonds. The van der Waals surface area contributed by atoms with E-state index in [0.29, 0.717) is 5.92 Å². The van der Waals surface area contributed by atoms with Gasteiger partial charge in [0.05, 0.1) is 5.56 Å². The zero-order chi connectivity index (χ0) is 9.26. The highest BCUT2D eigenvalue weighted by Crippen LogP contribution is 2.42. The van der Waals surface area contributed by atoms with Crippen LogP contribution in [0.1, 0.15) is 35.4 Å². The second-order valence-electron chi connectivity index (χ2n) is 3.40. The first kappa shape index (κ1) is 8.07. The number of benzene rings is 1. The van der Waals surface area contributed by atoms with Crippen LogP contribution in [0.2, 0.25) is 0 Å². The average molecular weight is 169 g/mol. The summed E-state index contributed by atoms with van der Waals surface area (Å²) in [7, 11) is 0. The summed E-state index contributed by atoms with van der Waals surface area (Å²) in [5, 5.41) is 9.01. The molecule has 0 bridgehead atoms. The van der Waals surface area contributed by atoms with Crippen LogP contribution >= 0.6 is 0 Å². The fraction of sp³-hybridized carbons (Fsp3) is 0.250. The predicted molar refractivity (Wildman–Crippen MR) is 53.2 cm³/mol. The Labute approximate surface area is 78.3 Å². The van der Waals surface area contributed by atoms with Crippen LogP contribution in [-0.4, -0.2) is 0 Å². The van der Waals surface area contributed by atoms with E-state index in [9.17, 15) is 0 Å². The van der Waals surface area contributed by atoms with Crippen molar-refractivity contribution >= 4 is 6.08 Å². The quantitative estimate of drug-likeness (QED) is 0.667. The Balaban J connectivity index is 2.55. The Hall–Kier alpha value is -1.55. The van der Waals surface area contributed by atoms with E-state index >= 15 is 0 Å². The summed E-state index contributed by atoms with van der Waals surface area (Å²) in [5.41, 5.74) is 2.99. The summed E-state index contributed by atoms with van der Waals surface area (Å²) in [6.07, 6.45) is 4.22. The lowest BCUT2D eigenvalue weighted by molar-refractivity contribution is 1.11. The third-order valence-corrected chi connectivity index (χ3v) is 2.48. The van der Waals surface area contributed by atoms with Crippen LogP contribution in [0.5, 0.6) is 0 Å². The molecular formula is C12H11N. The lowest BCUT2D eigenvalue weighted by Crippen LogP contribution is -1.90. The van der Waals surface area contributed by atoms with E-state index in [1.165, 1.54) is 18.4 Å². The Bertz CT molecular complexity index is 381. The molecule has 0 radical (unpaired) electrons. The van der Waals surface area contributed by atoms with Gasteiger partial charge in [-0.2, -0.15) is 5.26 Å². The molecule has 1 nitrogen and oxygen atoms in total. The van der Waals surface area contributed by atoms with Crippen molar-refractivity contribution in [3.05, 3.63) is 41.5 Å². The zero-order valence-corrected chi connectivity index (χ0v) is 7.46. The maximum absolute atomic E-state index is 9.01. The molecule has 1 aliphatic rings. The predicted octanol–water partition coefficient (Wildman–Crippen LogP) is 3.08. The molecule has 0 saturated heterocycles. The third kappa shape index (κ3) is 1.36. The van der Waals surface area contributed by atoms with Crippen LogP contribution in [0, 0.1) is 11.3 Å². The van der Waals surface area contributed by atoms with Gasteiger partial charge in [0.25, 0.3) is 0 Å². The summed E-state index contributed by atoms with van der Waals surface area (Å²) >= 11 is 0. The monoisotopic (exact) mass is 169 g/mol. The topological polar surface area (TPSA) is 23.8 Å². The van der Waals surface area contributed by atoms with Gasteiger partial charge in [-0.3, -0.25) is 0 Å². The van der Waals surface area contributed by atoms with Gasteiger partial charge in [0.2, 0.25) is 0 Å². The van der Waals surface area contributed by atoms with Crippen LogP contribution in [0.3, 0.4) is 0 Å². The highest BCUT2D eigenvalue weighted by atomic mass is 14.3. The van der Waals surface area contributed by atoms with Gasteiger partial charge >= 0.3 is 0 Å². The number of nitriles is 1. The summed E-state index contributed by atoms with van der Waals surface area (Å²) in [6, 6.07) is 8.27. The Morgan fingerprint density at radius 2 is 2.23 bits per heavy atom. The standard InChI is InChI=1S/C12H11N/c1-2-9-4-3-5-11(10-6-7-10)12(9)8-13/h2-5,10H,1,6-7H2. The van der Waals surface area contributed by atoms with Crippen molar-refractivity contribution in [1.82, 2.24) is 0 Å². The lowest BCUT2D eigenvalue weighted by atomic mass is 9.99. The number of hydrogen-bond donors (Lipinski definition) is 0. The summed E-state index contributed by atoms with van der Waals surface area (Å²) < 4.78 is 0. The Morgan fingerprint density at radius 1 is 1.46 bits per heavy atom. The molecule has 64 valence electrons. The zero-order valence-electron chi connectivity index (χ0n) is 7.46. The van der Waals surface area contributed by atoms with Crippen molar-refractivity contribution in [3.8, 4) is 6.07 Å². The SMILES string of the molecule is C=Cc1cccc(C2CC2)c1C#N. The first-order valence-corrected chi connectivity index (χ1v) is 4.52. The maximum Gasteiger partial charge on any atom is 0.100 e. The van der Waals surface area contributed by atoms with Gasteiger partial charge in [-0.25, -0.2) is 0 Å². The summed E-state index contributed by atoms with van der Waals surface area (Å²) in [4.78, 5) is 0. The molecule has 0 atom stereocenters. The molecule has 1 aromatic rings. The first-order valence-electron chi connectivity index (χ1n) is 4.52. The van der Waals surface area contributed by atoms with Gasteiger partial charge in [-0.1, -0.05) is 30.9 Å². The molecule has 13 heavy (non-hydrogen) atoms. The van der Waals surface area contributed by atoms with Crippen molar-refractivity contribution in [3.63, 3.8) is 0 Å². The van der Waals surface area contributed by atoms with Gasteiger partial charge in [-0.05, 0) is 29.9 Å². The number of rotatable bonds is 2. The molecule has 1 aliphatic carbocycles. The molecule has 0 aliphatic heterocycles. The van der Waals surface area contributed by atoms with Gasteiger partial charge in [0.15, 0.2) is 0 Å². The normalized spacial score (nSPS) is 15.0. The van der Waals surface area contributed by atoms with Gasteiger partial charge in [-0.15, -0.1) is 0 Å². The molecule has 0 N–H and O–H groups in total. The molecule has 0 spiro atoms. The number of nitrogens with zero attached hydrogens (tertiary/aromatic N) is 1. The second kappa shape index (κ2) is 3.06.